The fourth-order valence-corrected chi connectivity index (χ4v) is 3.41. The molecule has 0 unspecified atom stereocenters. The van der Waals surface area contributed by atoms with Gasteiger partial charge in [-0.05, 0) is 54.2 Å². The summed E-state index contributed by atoms with van der Waals surface area (Å²) in [6.45, 7) is 4.47. The summed E-state index contributed by atoms with van der Waals surface area (Å²) in [5.74, 6) is 0.956. The van der Waals surface area contributed by atoms with Gasteiger partial charge in [-0.1, -0.05) is 64.1 Å². The van der Waals surface area contributed by atoms with Crippen LogP contribution in [0.4, 0.5) is 4.39 Å². The third-order valence-corrected chi connectivity index (χ3v) is 5.20. The van der Waals surface area contributed by atoms with E-state index in [2.05, 4.69) is 53.2 Å². The van der Waals surface area contributed by atoms with Crippen LogP contribution >= 0.6 is 27.7 Å². The Kier molecular flexibility index (Phi) is 7.45. The van der Waals surface area contributed by atoms with E-state index >= 15 is 0 Å². The van der Waals surface area contributed by atoms with Gasteiger partial charge in [0.1, 0.15) is 5.82 Å². The predicted octanol–water partition coefficient (Wildman–Crippen LogP) is 5.24. The fourth-order valence-electron chi connectivity index (χ4n) is 2.46. The first kappa shape index (κ1) is 18.3. The minimum absolute atomic E-state index is 0.189. The molecule has 0 N–H and O–H groups in total. The normalized spacial score (nSPS) is 11.6. The molecule has 23 heavy (non-hydrogen) atoms. The quantitative estimate of drug-likeness (QED) is 0.460. The summed E-state index contributed by atoms with van der Waals surface area (Å²) >= 11 is 5.39. The maximum atomic E-state index is 13.2. The van der Waals surface area contributed by atoms with E-state index in [4.69, 9.17) is 0 Å². The van der Waals surface area contributed by atoms with Crippen molar-refractivity contribution in [3.05, 3.63) is 64.9 Å². The summed E-state index contributed by atoms with van der Waals surface area (Å²) in [4.78, 5) is 1.31. The molecule has 0 heterocycles. The Morgan fingerprint density at radius 3 is 2.17 bits per heavy atom. The lowest BCUT2D eigenvalue weighted by atomic mass is 9.39. The highest BCUT2D eigenvalue weighted by molar-refractivity contribution is 9.11. The molecule has 0 saturated heterocycles. The van der Waals surface area contributed by atoms with Gasteiger partial charge in [-0.15, -0.1) is 11.8 Å². The smallest absolute Gasteiger partial charge is 0.207 e. The molecule has 0 amide bonds. The number of thioether (sulfide) groups is 1. The summed E-state index contributed by atoms with van der Waals surface area (Å²) < 4.78 is 14.3. The number of rotatable bonds is 7. The molecule has 0 atom stereocenters. The monoisotopic (exact) mass is 390 g/mol. The largest absolute Gasteiger partial charge is 0.213 e. The molecule has 120 valence electrons. The molecule has 0 aliphatic heterocycles. The van der Waals surface area contributed by atoms with Crippen LogP contribution in [0.15, 0.2) is 64.0 Å². The molecule has 0 aliphatic carbocycles. The van der Waals surface area contributed by atoms with Crippen LogP contribution in [0.3, 0.4) is 0 Å². The molecule has 0 bridgehead atoms. The van der Waals surface area contributed by atoms with Crippen LogP contribution in [-0.4, -0.2) is 12.5 Å². The zero-order chi connectivity index (χ0) is 16.7. The molecule has 0 spiro atoms. The van der Waals surface area contributed by atoms with Crippen molar-refractivity contribution in [2.75, 3.05) is 5.75 Å². The number of halogens is 2. The van der Waals surface area contributed by atoms with Crippen LogP contribution in [0.5, 0.6) is 0 Å². The zero-order valence-corrected chi connectivity index (χ0v) is 16.0. The van der Waals surface area contributed by atoms with E-state index in [0.717, 1.165) is 22.0 Å². The molecule has 0 saturated carbocycles. The van der Waals surface area contributed by atoms with Crippen LogP contribution in [0.2, 0.25) is 6.32 Å². The van der Waals surface area contributed by atoms with Gasteiger partial charge in [0.15, 0.2) is 0 Å². The van der Waals surface area contributed by atoms with Gasteiger partial charge in [0, 0.05) is 4.90 Å². The summed E-state index contributed by atoms with van der Waals surface area (Å²) in [6, 6.07) is 15.6. The van der Waals surface area contributed by atoms with Crippen LogP contribution in [0.1, 0.15) is 20.3 Å². The van der Waals surface area contributed by atoms with E-state index in [-0.39, 0.29) is 12.5 Å². The van der Waals surface area contributed by atoms with Crippen molar-refractivity contribution in [3.8, 4) is 0 Å². The molecule has 0 aromatic heterocycles. The molecule has 0 aliphatic rings. The number of hydrogen-bond acceptors (Lipinski definition) is 1. The van der Waals surface area contributed by atoms with Gasteiger partial charge >= 0.3 is 0 Å². The number of hydrogen-bond donors (Lipinski definition) is 0. The molecule has 0 fully saturated rings. The van der Waals surface area contributed by atoms with Crippen molar-refractivity contribution in [2.24, 2.45) is 0 Å². The minimum atomic E-state index is -0.189. The Hall–Kier alpha value is -0.995. The predicted molar refractivity (Wildman–Crippen MR) is 106 cm³/mol. The lowest BCUT2D eigenvalue weighted by Crippen LogP contribution is -2.41. The van der Waals surface area contributed by atoms with Crippen LogP contribution < -0.4 is 10.9 Å². The summed E-state index contributed by atoms with van der Waals surface area (Å²) in [7, 11) is 0. The highest BCUT2D eigenvalue weighted by atomic mass is 79.9. The molecule has 2 rings (SSSR count). The third-order valence-electron chi connectivity index (χ3n) is 3.66. The molecule has 2 aromatic carbocycles. The second kappa shape index (κ2) is 9.34. The summed E-state index contributed by atoms with van der Waals surface area (Å²) in [5.41, 5.74) is 2.41. The van der Waals surface area contributed by atoms with E-state index in [0.29, 0.717) is 0 Å². The Bertz CT molecular complexity index is 633. The Labute approximate surface area is 151 Å². The highest BCUT2D eigenvalue weighted by Gasteiger charge is 2.18. The van der Waals surface area contributed by atoms with Crippen molar-refractivity contribution in [2.45, 2.75) is 31.5 Å². The zero-order valence-electron chi connectivity index (χ0n) is 13.6. The van der Waals surface area contributed by atoms with Gasteiger partial charge in [-0.3, -0.25) is 0 Å². The van der Waals surface area contributed by atoms with Gasteiger partial charge in [0.25, 0.3) is 0 Å². The second-order valence-electron chi connectivity index (χ2n) is 5.55. The molecular formula is C19H21BBrFS. The fraction of sp³-hybridized carbons (Fsp3) is 0.263. The van der Waals surface area contributed by atoms with Gasteiger partial charge in [-0.25, -0.2) is 4.39 Å². The van der Waals surface area contributed by atoms with Crippen molar-refractivity contribution in [3.63, 3.8) is 0 Å². The van der Waals surface area contributed by atoms with Gasteiger partial charge < -0.3 is 0 Å². The van der Waals surface area contributed by atoms with Crippen LogP contribution in [0, 0.1) is 5.82 Å². The van der Waals surface area contributed by atoms with E-state index < -0.39 is 0 Å². The van der Waals surface area contributed by atoms with E-state index in [1.165, 1.54) is 16.8 Å². The first-order valence-corrected chi connectivity index (χ1v) is 9.68. The van der Waals surface area contributed by atoms with Crippen molar-refractivity contribution >= 4 is 45.3 Å². The standard InChI is InChI=1S/C19H21BBrFS/c1-3-14-23-19-10-6-17(7-11-19)20(13-12-15(2)21)16-4-8-18(22)9-5-16/h4-12H,3,13-14H2,1-2H3. The molecular weight excluding hydrogens is 370 g/mol. The molecule has 0 radical (unpaired) electrons. The van der Waals surface area contributed by atoms with E-state index in [9.17, 15) is 4.39 Å². The summed E-state index contributed by atoms with van der Waals surface area (Å²) in [6.07, 6.45) is 4.25. The topological polar surface area (TPSA) is 0 Å². The van der Waals surface area contributed by atoms with Crippen LogP contribution in [-0.2, 0) is 0 Å². The third kappa shape index (κ3) is 5.85. The number of allylic oxidation sites excluding steroid dienone is 2. The molecule has 4 heteroatoms. The van der Waals surface area contributed by atoms with E-state index in [1.54, 1.807) is 12.1 Å². The summed E-state index contributed by atoms with van der Waals surface area (Å²) in [5, 5.41) is 0. The van der Waals surface area contributed by atoms with Crippen molar-refractivity contribution < 1.29 is 4.39 Å². The maximum Gasteiger partial charge on any atom is 0.213 e. The van der Waals surface area contributed by atoms with E-state index in [1.807, 2.05) is 30.8 Å². The molecule has 2 aromatic rings. The molecule has 0 nitrogen and oxygen atoms in total. The first-order valence-electron chi connectivity index (χ1n) is 7.90. The van der Waals surface area contributed by atoms with Crippen molar-refractivity contribution in [1.82, 2.24) is 0 Å². The maximum absolute atomic E-state index is 13.2. The Morgan fingerprint density at radius 1 is 1.09 bits per heavy atom. The second-order valence-corrected chi connectivity index (χ2v) is 7.97. The minimum Gasteiger partial charge on any atom is -0.207 e. The average molecular weight is 391 g/mol. The Morgan fingerprint density at radius 2 is 1.65 bits per heavy atom. The van der Waals surface area contributed by atoms with Crippen molar-refractivity contribution in [1.29, 1.82) is 0 Å². The van der Waals surface area contributed by atoms with Crippen LogP contribution in [0.25, 0.3) is 0 Å². The van der Waals surface area contributed by atoms with Gasteiger partial charge in [-0.2, -0.15) is 0 Å². The number of benzene rings is 2. The lowest BCUT2D eigenvalue weighted by Gasteiger charge is -2.14. The highest BCUT2D eigenvalue weighted by Crippen LogP contribution is 2.17. The lowest BCUT2D eigenvalue weighted by molar-refractivity contribution is 0.628. The van der Waals surface area contributed by atoms with Gasteiger partial charge in [0.05, 0.1) is 0 Å². The SMILES string of the molecule is CCCSc1ccc(B(CC=C(C)Br)c2ccc(F)cc2)cc1. The average Bonchev–Trinajstić information content (AvgIpc) is 2.55. The first-order chi connectivity index (χ1) is 11.1. The van der Waals surface area contributed by atoms with Gasteiger partial charge in [0.2, 0.25) is 6.71 Å². The Balaban J connectivity index is 2.25.